The highest BCUT2D eigenvalue weighted by molar-refractivity contribution is 5.91. The van der Waals surface area contributed by atoms with Crippen molar-refractivity contribution < 1.29 is 19.1 Å². The predicted molar refractivity (Wildman–Crippen MR) is 204 cm³/mol. The molecule has 0 bridgehead atoms. The fourth-order valence-electron chi connectivity index (χ4n) is 13.9. The van der Waals surface area contributed by atoms with Gasteiger partial charge in [-0.1, -0.05) is 70.0 Å². The third kappa shape index (κ3) is 6.03. The summed E-state index contributed by atoms with van der Waals surface area (Å²) in [7, 11) is 0. The van der Waals surface area contributed by atoms with E-state index in [-0.39, 0.29) is 34.3 Å². The highest BCUT2D eigenvalue weighted by Gasteiger charge is 2.84. The molecular formula is C45H65N3O4. The van der Waals surface area contributed by atoms with Crippen LogP contribution >= 0.6 is 0 Å². The van der Waals surface area contributed by atoms with E-state index >= 15 is 0 Å². The molecule has 6 fully saturated rings. The number of rotatable bonds is 12. The SMILES string of the molecule is CC1CC2OC3(CCC4C5CCC6=CC(=O)CCC6(C)C5CC45CC53C)[C@H](C)C2N(CCNC(=O)CCCCCNC(=O)CCc2ccccc2)C1. The van der Waals surface area contributed by atoms with Gasteiger partial charge in [-0.15, -0.1) is 0 Å². The van der Waals surface area contributed by atoms with Gasteiger partial charge in [-0.2, -0.15) is 0 Å². The molecule has 0 radical (unpaired) electrons. The first-order valence-corrected chi connectivity index (χ1v) is 21.2. The summed E-state index contributed by atoms with van der Waals surface area (Å²) < 4.78 is 7.52. The average Bonchev–Trinajstić information content (AvgIpc) is 3.47. The lowest BCUT2D eigenvalue weighted by atomic mass is 9.56. The zero-order valence-corrected chi connectivity index (χ0v) is 32.5. The number of amides is 2. The van der Waals surface area contributed by atoms with Crippen LogP contribution in [0, 0.1) is 45.8 Å². The molecule has 2 amide bonds. The van der Waals surface area contributed by atoms with Gasteiger partial charge < -0.3 is 15.4 Å². The number of carbonyl (C=O) groups excluding carboxylic acids is 3. The summed E-state index contributed by atoms with van der Waals surface area (Å²) in [5, 5.41) is 6.28. The minimum atomic E-state index is -0.0542. The Balaban J connectivity index is 0.816. The zero-order valence-electron chi connectivity index (χ0n) is 32.5. The fourth-order valence-corrected chi connectivity index (χ4v) is 13.9. The molecule has 7 nitrogen and oxygen atoms in total. The molecule has 284 valence electrons. The van der Waals surface area contributed by atoms with Gasteiger partial charge in [0.1, 0.15) is 0 Å². The van der Waals surface area contributed by atoms with Crippen molar-refractivity contribution in [1.29, 1.82) is 0 Å². The minimum Gasteiger partial charge on any atom is -0.369 e. The monoisotopic (exact) mass is 711 g/mol. The molecule has 5 aliphatic carbocycles. The lowest BCUT2D eigenvalue weighted by molar-refractivity contribution is -0.148. The van der Waals surface area contributed by atoms with Gasteiger partial charge in [0.15, 0.2) is 5.78 Å². The number of unbranched alkanes of at least 4 members (excludes halogenated alkanes) is 2. The quantitative estimate of drug-likeness (QED) is 0.221. The van der Waals surface area contributed by atoms with Gasteiger partial charge in [0.25, 0.3) is 0 Å². The molecule has 1 aromatic rings. The lowest BCUT2D eigenvalue weighted by Gasteiger charge is -2.50. The fraction of sp³-hybridized carbons (Fsp3) is 0.756. The van der Waals surface area contributed by atoms with Gasteiger partial charge in [0.2, 0.25) is 11.8 Å². The Morgan fingerprint density at radius 3 is 2.54 bits per heavy atom. The summed E-state index contributed by atoms with van der Waals surface area (Å²) in [6.45, 7) is 13.4. The number of piperidine rings is 1. The Hall–Kier alpha value is -2.51. The van der Waals surface area contributed by atoms with Crippen LogP contribution in [0.3, 0.4) is 0 Å². The predicted octanol–water partition coefficient (Wildman–Crippen LogP) is 7.43. The van der Waals surface area contributed by atoms with E-state index in [0.717, 1.165) is 82.2 Å². The van der Waals surface area contributed by atoms with Crippen molar-refractivity contribution in [2.75, 3.05) is 26.2 Å². The number of ketones is 1. The van der Waals surface area contributed by atoms with E-state index in [1.165, 1.54) is 43.2 Å². The maximum atomic E-state index is 12.8. The number of nitrogens with one attached hydrogen (secondary N) is 2. The number of likely N-dealkylation sites (tertiary alicyclic amines) is 1. The minimum absolute atomic E-state index is 0.0542. The number of carbonyl (C=O) groups is 3. The van der Waals surface area contributed by atoms with Crippen molar-refractivity contribution in [1.82, 2.24) is 15.5 Å². The molecule has 2 heterocycles. The number of benzene rings is 1. The maximum absolute atomic E-state index is 12.8. The van der Waals surface area contributed by atoms with Crippen LogP contribution < -0.4 is 10.6 Å². The maximum Gasteiger partial charge on any atom is 0.220 e. The topological polar surface area (TPSA) is 87.7 Å². The highest BCUT2D eigenvalue weighted by Crippen LogP contribution is 2.87. The van der Waals surface area contributed by atoms with E-state index in [0.29, 0.717) is 55.0 Å². The number of hydrogen-bond donors (Lipinski definition) is 2. The Morgan fingerprint density at radius 1 is 0.923 bits per heavy atom. The second kappa shape index (κ2) is 14.0. The third-order valence-electron chi connectivity index (χ3n) is 16.5. The molecule has 7 aliphatic rings. The van der Waals surface area contributed by atoms with Crippen LogP contribution in [0.4, 0.5) is 0 Å². The Bertz CT molecular complexity index is 1560. The third-order valence-corrected chi connectivity index (χ3v) is 16.5. The van der Waals surface area contributed by atoms with Crippen LogP contribution in [-0.2, 0) is 25.5 Å². The van der Waals surface area contributed by atoms with E-state index in [2.05, 4.69) is 61.4 Å². The summed E-state index contributed by atoms with van der Waals surface area (Å²) in [5.74, 6) is 4.01. The van der Waals surface area contributed by atoms with Crippen LogP contribution in [-0.4, -0.2) is 66.4 Å². The van der Waals surface area contributed by atoms with Crippen molar-refractivity contribution in [3.05, 3.63) is 47.5 Å². The average molecular weight is 712 g/mol. The van der Waals surface area contributed by atoms with Crippen molar-refractivity contribution in [2.45, 2.75) is 142 Å². The molecule has 0 aromatic heterocycles. The first-order valence-electron chi connectivity index (χ1n) is 21.2. The summed E-state index contributed by atoms with van der Waals surface area (Å²) in [4.78, 5) is 40.1. The second-order valence-corrected chi connectivity index (χ2v) is 19.0. The molecule has 1 aromatic carbocycles. The van der Waals surface area contributed by atoms with Crippen LogP contribution in [0.5, 0.6) is 0 Å². The highest BCUT2D eigenvalue weighted by atomic mass is 16.5. The number of nitrogens with zero attached hydrogens (tertiary/aromatic N) is 1. The second-order valence-electron chi connectivity index (χ2n) is 19.0. The van der Waals surface area contributed by atoms with Crippen LogP contribution in [0.25, 0.3) is 0 Å². The number of ether oxygens (including phenoxy) is 1. The summed E-state index contributed by atoms with van der Waals surface area (Å²) >= 11 is 0. The molecule has 2 N–H and O–H groups in total. The summed E-state index contributed by atoms with van der Waals surface area (Å²) in [6, 6.07) is 10.5. The van der Waals surface area contributed by atoms with Crippen LogP contribution in [0.1, 0.15) is 123 Å². The summed E-state index contributed by atoms with van der Waals surface area (Å²) in [5.41, 5.74) is 3.46. The molecule has 7 heteroatoms. The van der Waals surface area contributed by atoms with Crippen molar-refractivity contribution in [2.24, 2.45) is 45.8 Å². The van der Waals surface area contributed by atoms with Gasteiger partial charge in [-0.3, -0.25) is 19.3 Å². The van der Waals surface area contributed by atoms with Crippen molar-refractivity contribution >= 4 is 17.6 Å². The molecule has 2 saturated heterocycles. The molecule has 4 saturated carbocycles. The molecular weight excluding hydrogens is 647 g/mol. The number of allylic oxidation sites excluding steroid dienone is 2. The van der Waals surface area contributed by atoms with E-state index in [4.69, 9.17) is 4.74 Å². The number of aryl methyl sites for hydroxylation is 1. The molecule has 2 aliphatic heterocycles. The Kier molecular flexibility index (Phi) is 9.79. The summed E-state index contributed by atoms with van der Waals surface area (Å²) in [6.07, 6.45) is 17.4. The standard InChI is InChI=1S/C45H65N3O4/c1-30-25-38-41(48(28-30)24-23-47-39(50)13-9-6-10-22-46-40(51)17-14-32-11-7-5-8-12-32)31(2)45(52-38)21-19-36-35-16-15-33-26-34(49)18-20-42(33,3)37(35)27-44(36)29-43(44,45)4/h5,7-8,11-12,26,30-31,35-38,41H,6,9-10,13-25,27-29H2,1-4H3,(H,46,51)(H,47,50)/t30?,31-,35?,36?,37?,38?,41?,42?,43?,44?,45?/m1/s1. The Labute approximate surface area is 312 Å². The normalized spacial score (nSPS) is 41.7. The molecule has 52 heavy (non-hydrogen) atoms. The molecule has 8 rings (SSSR count). The number of hydrogen-bond acceptors (Lipinski definition) is 5. The van der Waals surface area contributed by atoms with Gasteiger partial charge in [0, 0.05) is 62.8 Å². The first kappa shape index (κ1) is 36.5. The van der Waals surface area contributed by atoms with Crippen molar-refractivity contribution in [3.63, 3.8) is 0 Å². The molecule has 10 unspecified atom stereocenters. The van der Waals surface area contributed by atoms with Gasteiger partial charge in [0.05, 0.1) is 11.7 Å². The first-order chi connectivity index (χ1) is 25.0. The molecule has 11 atom stereocenters. The lowest BCUT2D eigenvalue weighted by Crippen LogP contribution is -2.55. The number of fused-ring (bicyclic) bond motifs is 6. The molecule has 2 spiro atoms. The van der Waals surface area contributed by atoms with Crippen LogP contribution in [0.15, 0.2) is 42.0 Å². The van der Waals surface area contributed by atoms with E-state index in [1.54, 1.807) is 0 Å². The van der Waals surface area contributed by atoms with Gasteiger partial charge in [-0.05, 0) is 117 Å². The van der Waals surface area contributed by atoms with E-state index in [9.17, 15) is 14.4 Å². The van der Waals surface area contributed by atoms with Crippen molar-refractivity contribution in [3.8, 4) is 0 Å². The van der Waals surface area contributed by atoms with E-state index < -0.39 is 0 Å². The Morgan fingerprint density at radius 2 is 1.71 bits per heavy atom. The van der Waals surface area contributed by atoms with Crippen LogP contribution in [0.2, 0.25) is 0 Å². The van der Waals surface area contributed by atoms with Gasteiger partial charge >= 0.3 is 0 Å². The largest absolute Gasteiger partial charge is 0.369 e. The smallest absolute Gasteiger partial charge is 0.220 e. The van der Waals surface area contributed by atoms with Gasteiger partial charge in [-0.25, -0.2) is 0 Å². The van der Waals surface area contributed by atoms with E-state index in [1.807, 2.05) is 18.2 Å². The zero-order chi connectivity index (χ0) is 36.3.